The zero-order valence-corrected chi connectivity index (χ0v) is 18.0. The first-order valence-corrected chi connectivity index (χ1v) is 10.5. The average Bonchev–Trinajstić information content (AvgIpc) is 2.52. The van der Waals surface area contributed by atoms with E-state index in [1.807, 2.05) is 0 Å². The number of ether oxygens (including phenoxy) is 1. The molecule has 0 aromatic carbocycles. The van der Waals surface area contributed by atoms with Gasteiger partial charge in [0, 0.05) is 0 Å². The van der Waals surface area contributed by atoms with E-state index in [2.05, 4.69) is 27.9 Å². The number of halogens is 1. The number of nitrogens with zero attached hydrogens (tertiary/aromatic N) is 1. The lowest BCUT2D eigenvalue weighted by Gasteiger charge is -2.29. The minimum atomic E-state index is 0. The van der Waals surface area contributed by atoms with Crippen LogP contribution in [-0.2, 0) is 4.74 Å². The van der Waals surface area contributed by atoms with Gasteiger partial charge >= 0.3 is 0 Å². The van der Waals surface area contributed by atoms with Crippen LogP contribution in [0.5, 0.6) is 0 Å². The van der Waals surface area contributed by atoms with Gasteiger partial charge < -0.3 is 21.6 Å². The van der Waals surface area contributed by atoms with Crippen molar-refractivity contribution in [2.45, 2.75) is 104 Å². The molecule has 0 saturated heterocycles. The van der Waals surface area contributed by atoms with E-state index < -0.39 is 0 Å². The molecule has 0 rings (SSSR count). The van der Waals surface area contributed by atoms with E-state index in [1.54, 1.807) is 0 Å². The van der Waals surface area contributed by atoms with Crippen LogP contribution in [0.15, 0.2) is 0 Å². The Hall–Kier alpha value is 0.210. The van der Waals surface area contributed by atoms with Crippen molar-refractivity contribution in [3.8, 4) is 0 Å². The van der Waals surface area contributed by atoms with Crippen LogP contribution in [0.4, 0.5) is 0 Å². The number of hydrogen-bond acceptors (Lipinski definition) is 1. The predicted molar refractivity (Wildman–Crippen MR) is 104 cm³/mol. The van der Waals surface area contributed by atoms with Crippen LogP contribution in [0.1, 0.15) is 104 Å². The van der Waals surface area contributed by atoms with Crippen LogP contribution in [0.3, 0.4) is 0 Å². The van der Waals surface area contributed by atoms with Crippen molar-refractivity contribution in [3.63, 3.8) is 0 Å². The van der Waals surface area contributed by atoms with Crippen molar-refractivity contribution in [1.82, 2.24) is 0 Å². The lowest BCUT2D eigenvalue weighted by Crippen LogP contribution is -3.00. The molecule has 0 radical (unpaired) electrons. The third-order valence-electron chi connectivity index (χ3n) is 4.70. The highest BCUT2D eigenvalue weighted by atomic mass is 35.5. The highest BCUT2D eigenvalue weighted by molar-refractivity contribution is 4.46. The summed E-state index contributed by atoms with van der Waals surface area (Å²) < 4.78 is 6.93. The third kappa shape index (κ3) is 20.3. The lowest BCUT2D eigenvalue weighted by molar-refractivity contribution is -0.909. The molecule has 3 heteroatoms. The minimum Gasteiger partial charge on any atom is -1.00 e. The Labute approximate surface area is 159 Å². The van der Waals surface area contributed by atoms with Gasteiger partial charge in [0.2, 0.25) is 0 Å². The number of rotatable bonds is 18. The van der Waals surface area contributed by atoms with Crippen LogP contribution in [0.25, 0.3) is 0 Å². The number of hydrogen-bond donors (Lipinski definition) is 0. The molecule has 0 saturated carbocycles. The summed E-state index contributed by atoms with van der Waals surface area (Å²) in [6.45, 7) is 7.65. The Morgan fingerprint density at radius 1 is 0.583 bits per heavy atom. The topological polar surface area (TPSA) is 9.23 Å². The van der Waals surface area contributed by atoms with Crippen LogP contribution in [0, 0.1) is 0 Å². The van der Waals surface area contributed by atoms with Crippen molar-refractivity contribution in [1.29, 1.82) is 0 Å². The zero-order chi connectivity index (χ0) is 17.2. The number of unbranched alkanes of at least 4 members (excludes halogenated alkanes) is 12. The molecule has 0 atom stereocenters. The van der Waals surface area contributed by atoms with Gasteiger partial charge in [-0.1, -0.05) is 84.5 Å². The first-order chi connectivity index (χ1) is 11.1. The summed E-state index contributed by atoms with van der Waals surface area (Å²) in [6.07, 6.45) is 19.3. The van der Waals surface area contributed by atoms with E-state index in [0.29, 0.717) is 0 Å². The molecule has 0 N–H and O–H groups in total. The second-order valence-electron chi connectivity index (χ2n) is 7.94. The van der Waals surface area contributed by atoms with Gasteiger partial charge in [-0.05, 0) is 19.3 Å². The van der Waals surface area contributed by atoms with Gasteiger partial charge in [-0.3, -0.25) is 0 Å². The van der Waals surface area contributed by atoms with Gasteiger partial charge in [0.05, 0.1) is 27.2 Å². The third-order valence-corrected chi connectivity index (χ3v) is 4.70. The van der Waals surface area contributed by atoms with Crippen molar-refractivity contribution < 1.29 is 21.6 Å². The van der Waals surface area contributed by atoms with Crippen LogP contribution in [-0.4, -0.2) is 38.5 Å². The fourth-order valence-corrected chi connectivity index (χ4v) is 3.03. The van der Waals surface area contributed by atoms with E-state index in [-0.39, 0.29) is 12.4 Å². The van der Waals surface area contributed by atoms with E-state index in [4.69, 9.17) is 4.74 Å². The molecule has 0 aliphatic heterocycles. The molecule has 0 aromatic heterocycles. The van der Waals surface area contributed by atoms with Crippen LogP contribution < -0.4 is 12.4 Å². The van der Waals surface area contributed by atoms with E-state index in [9.17, 15) is 0 Å². The molecule has 2 nitrogen and oxygen atoms in total. The van der Waals surface area contributed by atoms with Gasteiger partial charge in [0.15, 0.2) is 6.73 Å². The first kappa shape index (κ1) is 26.4. The van der Waals surface area contributed by atoms with Crippen LogP contribution in [0.2, 0.25) is 0 Å². The quantitative estimate of drug-likeness (QED) is 0.205. The predicted octanol–water partition coefficient (Wildman–Crippen LogP) is 3.54. The second-order valence-corrected chi connectivity index (χ2v) is 7.94. The smallest absolute Gasteiger partial charge is 0.182 e. The Kier molecular flexibility index (Phi) is 21.5. The van der Waals surface area contributed by atoms with Crippen molar-refractivity contribution in [2.75, 3.05) is 34.0 Å². The SMILES string of the molecule is CCCCCCCCCCOC[N+](C)(C)CCCCCCCC.[Cl-]. The normalized spacial score (nSPS) is 11.5. The molecule has 148 valence electrons. The van der Waals surface area contributed by atoms with Crippen molar-refractivity contribution in [2.24, 2.45) is 0 Å². The maximum atomic E-state index is 5.91. The summed E-state index contributed by atoms with van der Waals surface area (Å²) in [5.41, 5.74) is 0. The van der Waals surface area contributed by atoms with E-state index in [0.717, 1.165) is 17.8 Å². The molecule has 0 fully saturated rings. The zero-order valence-electron chi connectivity index (χ0n) is 17.3. The fraction of sp³-hybridized carbons (Fsp3) is 1.00. The average molecular weight is 364 g/mol. The van der Waals surface area contributed by atoms with Gasteiger partial charge in [0.25, 0.3) is 0 Å². The standard InChI is InChI=1S/C21H46NO.ClH/c1-5-7-9-11-13-14-16-18-20-23-21-22(3,4)19-17-15-12-10-8-6-2;/h5-21H2,1-4H3;1H/q+1;/p-1. The maximum absolute atomic E-state index is 5.91. The molecular weight excluding hydrogens is 318 g/mol. The fourth-order valence-electron chi connectivity index (χ4n) is 3.03. The summed E-state index contributed by atoms with van der Waals surface area (Å²) in [6, 6.07) is 0. The number of quaternary nitrogens is 1. The molecule has 0 amide bonds. The van der Waals surface area contributed by atoms with Crippen LogP contribution >= 0.6 is 0 Å². The summed E-state index contributed by atoms with van der Waals surface area (Å²) in [5, 5.41) is 0. The molecule has 24 heavy (non-hydrogen) atoms. The summed E-state index contributed by atoms with van der Waals surface area (Å²) in [5.74, 6) is 0. The molecule has 0 aliphatic rings. The Morgan fingerprint density at radius 3 is 1.50 bits per heavy atom. The van der Waals surface area contributed by atoms with E-state index >= 15 is 0 Å². The Morgan fingerprint density at radius 2 is 1.00 bits per heavy atom. The first-order valence-electron chi connectivity index (χ1n) is 10.5. The second kappa shape index (κ2) is 19.5. The van der Waals surface area contributed by atoms with Gasteiger partial charge in [-0.2, -0.15) is 0 Å². The highest BCUT2D eigenvalue weighted by Crippen LogP contribution is 2.10. The molecule has 0 spiro atoms. The van der Waals surface area contributed by atoms with E-state index in [1.165, 1.54) is 96.4 Å². The van der Waals surface area contributed by atoms with Gasteiger partial charge in [-0.25, -0.2) is 0 Å². The highest BCUT2D eigenvalue weighted by Gasteiger charge is 2.13. The van der Waals surface area contributed by atoms with Crippen molar-refractivity contribution >= 4 is 0 Å². The molecule has 0 unspecified atom stereocenters. The molecule has 0 aliphatic carbocycles. The monoisotopic (exact) mass is 363 g/mol. The largest absolute Gasteiger partial charge is 1.00 e. The van der Waals surface area contributed by atoms with Gasteiger partial charge in [-0.15, -0.1) is 0 Å². The molecule has 0 heterocycles. The summed E-state index contributed by atoms with van der Waals surface area (Å²) >= 11 is 0. The van der Waals surface area contributed by atoms with Gasteiger partial charge in [0.1, 0.15) is 0 Å². The minimum absolute atomic E-state index is 0. The molecular formula is C21H46ClNO. The molecule has 0 aromatic rings. The summed E-state index contributed by atoms with van der Waals surface area (Å²) in [7, 11) is 4.61. The Bertz CT molecular complexity index is 234. The van der Waals surface area contributed by atoms with Crippen molar-refractivity contribution in [3.05, 3.63) is 0 Å². The Balaban J connectivity index is 0. The maximum Gasteiger partial charge on any atom is 0.182 e. The summed E-state index contributed by atoms with van der Waals surface area (Å²) in [4.78, 5) is 0. The lowest BCUT2D eigenvalue weighted by atomic mass is 10.1. The molecule has 0 bridgehead atoms.